The number of nitrogens with one attached hydrogen (secondary N) is 2. The number of hydrogen-bond donors (Lipinski definition) is 2. The number of anilines is 1. The monoisotopic (exact) mass is 260 g/mol. The summed E-state index contributed by atoms with van der Waals surface area (Å²) in [5, 5.41) is 5.88. The number of aromatic nitrogens is 3. The Bertz CT molecular complexity index is 657. The Morgan fingerprint density at radius 1 is 1.35 bits per heavy atom. The van der Waals surface area contributed by atoms with Gasteiger partial charge in [0.25, 0.3) is 0 Å². The number of hydrogen-bond acceptors (Lipinski definition) is 4. The lowest BCUT2D eigenvalue weighted by Gasteiger charge is -2.05. The van der Waals surface area contributed by atoms with Gasteiger partial charge in [-0.05, 0) is 12.1 Å². The van der Waals surface area contributed by atoms with Crippen LogP contribution in [0, 0.1) is 0 Å². The second-order valence-corrected chi connectivity index (χ2v) is 4.70. The highest BCUT2D eigenvalue weighted by Gasteiger charge is 2.07. The molecule has 2 N–H and O–H groups in total. The number of para-hydroxylation sites is 1. The molecule has 0 saturated carbocycles. The Hall–Kier alpha value is -1.79. The van der Waals surface area contributed by atoms with E-state index in [1.54, 1.807) is 12.5 Å². The Kier molecular flexibility index (Phi) is 2.58. The van der Waals surface area contributed by atoms with Gasteiger partial charge >= 0.3 is 0 Å². The summed E-state index contributed by atoms with van der Waals surface area (Å²) in [5.41, 5.74) is 2.76. The summed E-state index contributed by atoms with van der Waals surface area (Å²) in [4.78, 5) is 12.1. The largest absolute Gasteiger partial charge is 0.345 e. The van der Waals surface area contributed by atoms with E-state index in [0.717, 1.165) is 21.7 Å². The molecule has 0 fully saturated rings. The topological polar surface area (TPSA) is 53.6 Å². The molecule has 0 bridgehead atoms. The fourth-order valence-corrected chi connectivity index (χ4v) is 2.42. The number of rotatable bonds is 2. The Labute approximate surface area is 107 Å². The first-order valence-electron chi connectivity index (χ1n) is 4.97. The van der Waals surface area contributed by atoms with Crippen LogP contribution in [0.25, 0.3) is 11.0 Å². The van der Waals surface area contributed by atoms with Gasteiger partial charge in [-0.15, -0.1) is 11.3 Å². The first-order chi connectivity index (χ1) is 8.34. The van der Waals surface area contributed by atoms with Crippen LogP contribution in [0.1, 0.15) is 5.01 Å². The van der Waals surface area contributed by atoms with Crippen LogP contribution in [0.15, 0.2) is 36.1 Å². The molecule has 0 radical (unpaired) electrons. The second kappa shape index (κ2) is 4.23. The van der Waals surface area contributed by atoms with Crippen molar-refractivity contribution in [2.24, 2.45) is 0 Å². The minimum absolute atomic E-state index is 0.621. The van der Waals surface area contributed by atoms with Crippen molar-refractivity contribution in [2.45, 2.75) is 0 Å². The quantitative estimate of drug-likeness (QED) is 0.696. The summed E-state index contributed by atoms with van der Waals surface area (Å²) in [7, 11) is 0. The van der Waals surface area contributed by atoms with Gasteiger partial charge in [0.05, 0.1) is 17.5 Å². The maximum absolute atomic E-state index is 5.29. The zero-order valence-corrected chi connectivity index (χ0v) is 10.3. The van der Waals surface area contributed by atoms with Gasteiger partial charge < -0.3 is 10.3 Å². The average molecular weight is 260 g/mol. The number of fused-ring (bicyclic) bond motifs is 1. The molecule has 17 heavy (non-hydrogen) atoms. The van der Waals surface area contributed by atoms with Crippen LogP contribution in [-0.2, 0) is 0 Å². The highest BCUT2D eigenvalue weighted by atomic mass is 32.1. The first-order valence-corrected chi connectivity index (χ1v) is 6.26. The second-order valence-electron chi connectivity index (χ2n) is 3.40. The summed E-state index contributed by atoms with van der Waals surface area (Å²) >= 11 is 6.81. The van der Waals surface area contributed by atoms with E-state index < -0.39 is 0 Å². The maximum atomic E-state index is 5.29. The summed E-state index contributed by atoms with van der Waals surface area (Å²) < 4.78 is 0. The third-order valence-electron chi connectivity index (χ3n) is 2.32. The smallest absolute Gasteiger partial charge is 0.150 e. The summed E-state index contributed by atoms with van der Waals surface area (Å²) in [6.45, 7) is 0. The van der Waals surface area contributed by atoms with E-state index in [1.807, 2.05) is 23.6 Å². The number of H-pyrrole nitrogens is 1. The lowest BCUT2D eigenvalue weighted by atomic mass is 10.2. The Balaban J connectivity index is 1.95. The lowest BCUT2D eigenvalue weighted by Crippen LogP contribution is -2.10. The molecule has 0 spiro atoms. The van der Waals surface area contributed by atoms with Gasteiger partial charge in [-0.1, -0.05) is 18.3 Å². The van der Waals surface area contributed by atoms with Crippen LogP contribution >= 0.6 is 23.6 Å². The van der Waals surface area contributed by atoms with Gasteiger partial charge in [0.15, 0.2) is 5.01 Å². The molecule has 2 heterocycles. The van der Waals surface area contributed by atoms with Gasteiger partial charge in [0.2, 0.25) is 0 Å². The van der Waals surface area contributed by atoms with E-state index in [0.29, 0.717) is 4.99 Å². The van der Waals surface area contributed by atoms with E-state index >= 15 is 0 Å². The predicted octanol–water partition coefficient (Wildman–Crippen LogP) is 2.81. The summed E-state index contributed by atoms with van der Waals surface area (Å²) in [5.74, 6) is 0. The van der Waals surface area contributed by atoms with Crippen molar-refractivity contribution in [3.8, 4) is 0 Å². The van der Waals surface area contributed by atoms with Gasteiger partial charge in [0.1, 0.15) is 10.5 Å². The van der Waals surface area contributed by atoms with E-state index in [2.05, 4.69) is 20.3 Å². The number of aromatic amines is 1. The van der Waals surface area contributed by atoms with Crippen molar-refractivity contribution < 1.29 is 0 Å². The van der Waals surface area contributed by atoms with Gasteiger partial charge in [-0.3, -0.25) is 0 Å². The zero-order chi connectivity index (χ0) is 11.7. The Morgan fingerprint density at radius 3 is 3.12 bits per heavy atom. The molecule has 84 valence electrons. The van der Waals surface area contributed by atoms with Crippen LogP contribution in [-0.4, -0.2) is 19.9 Å². The maximum Gasteiger partial charge on any atom is 0.150 e. The zero-order valence-electron chi connectivity index (χ0n) is 8.68. The minimum atomic E-state index is 0.621. The molecular formula is C11H8N4S2. The SMILES string of the molecule is S=C(Nc1cccc2[nH]cnc12)c1nccs1. The number of imidazole rings is 1. The molecule has 0 aliphatic rings. The first kappa shape index (κ1) is 10.4. The van der Waals surface area contributed by atoms with E-state index in [4.69, 9.17) is 12.2 Å². The highest BCUT2D eigenvalue weighted by molar-refractivity contribution is 7.81. The minimum Gasteiger partial charge on any atom is -0.345 e. The van der Waals surface area contributed by atoms with Crippen molar-refractivity contribution in [3.05, 3.63) is 41.1 Å². The van der Waals surface area contributed by atoms with Crippen LogP contribution in [0.5, 0.6) is 0 Å². The van der Waals surface area contributed by atoms with Crippen LogP contribution in [0.2, 0.25) is 0 Å². The van der Waals surface area contributed by atoms with Crippen molar-refractivity contribution in [1.29, 1.82) is 0 Å². The van der Waals surface area contributed by atoms with E-state index in [1.165, 1.54) is 11.3 Å². The van der Waals surface area contributed by atoms with Gasteiger partial charge in [-0.2, -0.15) is 0 Å². The normalized spacial score (nSPS) is 10.6. The summed E-state index contributed by atoms with van der Waals surface area (Å²) in [6.07, 6.45) is 3.41. The fraction of sp³-hybridized carbons (Fsp3) is 0. The predicted molar refractivity (Wildman–Crippen MR) is 73.5 cm³/mol. The van der Waals surface area contributed by atoms with Gasteiger partial charge in [-0.25, -0.2) is 9.97 Å². The number of benzene rings is 1. The molecule has 2 aromatic heterocycles. The van der Waals surface area contributed by atoms with Crippen LogP contribution in [0.3, 0.4) is 0 Å². The molecule has 3 aromatic rings. The number of nitrogens with zero attached hydrogens (tertiary/aromatic N) is 2. The summed E-state index contributed by atoms with van der Waals surface area (Å²) in [6, 6.07) is 5.87. The lowest BCUT2D eigenvalue weighted by molar-refractivity contribution is 1.34. The molecule has 0 amide bonds. The Morgan fingerprint density at radius 2 is 2.29 bits per heavy atom. The molecule has 3 rings (SSSR count). The molecule has 0 unspecified atom stereocenters. The van der Waals surface area contributed by atoms with Crippen LogP contribution < -0.4 is 5.32 Å². The molecule has 0 atom stereocenters. The number of thiazole rings is 1. The molecule has 0 aliphatic carbocycles. The standard InChI is InChI=1S/C11H8N4S2/c16-10(11-12-4-5-17-11)15-8-3-1-2-7-9(8)14-6-13-7/h1-6H,(H,13,14)(H,15,16). The third kappa shape index (κ3) is 1.92. The van der Waals surface area contributed by atoms with E-state index in [-0.39, 0.29) is 0 Å². The molecule has 6 heteroatoms. The molecule has 0 saturated heterocycles. The molecule has 0 aliphatic heterocycles. The molecule has 4 nitrogen and oxygen atoms in total. The van der Waals surface area contributed by atoms with Crippen LogP contribution in [0.4, 0.5) is 5.69 Å². The van der Waals surface area contributed by atoms with E-state index in [9.17, 15) is 0 Å². The van der Waals surface area contributed by atoms with Crippen molar-refractivity contribution in [1.82, 2.24) is 15.0 Å². The highest BCUT2D eigenvalue weighted by Crippen LogP contribution is 2.20. The number of thiocarbonyl (C=S) groups is 1. The molecular weight excluding hydrogens is 252 g/mol. The molecule has 1 aromatic carbocycles. The fourth-order valence-electron chi connectivity index (χ4n) is 1.58. The third-order valence-corrected chi connectivity index (χ3v) is 3.54. The van der Waals surface area contributed by atoms with Crippen molar-refractivity contribution in [3.63, 3.8) is 0 Å². The van der Waals surface area contributed by atoms with Gasteiger partial charge in [0, 0.05) is 11.6 Å². The van der Waals surface area contributed by atoms with Crippen molar-refractivity contribution >= 4 is 45.3 Å². The van der Waals surface area contributed by atoms with Crippen molar-refractivity contribution in [2.75, 3.05) is 5.32 Å². The average Bonchev–Trinajstić information content (AvgIpc) is 3.00.